The molecule has 0 bridgehead atoms. The molecule has 7 nitrogen and oxygen atoms in total. The van der Waals surface area contributed by atoms with Crippen molar-refractivity contribution < 1.29 is 9.72 Å². The minimum atomic E-state index is -0.456. The van der Waals surface area contributed by atoms with Crippen molar-refractivity contribution in [1.82, 2.24) is 10.3 Å². The second-order valence-corrected chi connectivity index (χ2v) is 8.60. The minimum absolute atomic E-state index is 0.00252. The van der Waals surface area contributed by atoms with Crippen LogP contribution in [0.15, 0.2) is 42.5 Å². The van der Waals surface area contributed by atoms with Crippen LogP contribution in [0.1, 0.15) is 36.7 Å². The molecule has 1 amide bonds. The summed E-state index contributed by atoms with van der Waals surface area (Å²) in [6.07, 6.45) is 0. The van der Waals surface area contributed by atoms with Crippen molar-refractivity contribution in [2.24, 2.45) is 0 Å². The van der Waals surface area contributed by atoms with E-state index < -0.39 is 4.92 Å². The van der Waals surface area contributed by atoms with Gasteiger partial charge in [0.05, 0.1) is 15.1 Å². The van der Waals surface area contributed by atoms with E-state index in [0.717, 1.165) is 5.56 Å². The molecule has 0 aliphatic rings. The Hall–Kier alpha value is -2.91. The first-order chi connectivity index (χ1) is 13.1. The number of carbonyl (C=O) groups excluding carboxylic acids is 1. The number of hydrogen-bond acceptors (Lipinski definition) is 6. The third-order valence-corrected chi connectivity index (χ3v) is 5.18. The van der Waals surface area contributed by atoms with Gasteiger partial charge in [-0.1, -0.05) is 44.2 Å². The molecule has 28 heavy (non-hydrogen) atoms. The molecule has 2 aromatic carbocycles. The van der Waals surface area contributed by atoms with E-state index in [1.54, 1.807) is 18.2 Å². The summed E-state index contributed by atoms with van der Waals surface area (Å²) in [5.74, 6) is -0.324. The van der Waals surface area contributed by atoms with Crippen LogP contribution in [0.2, 0.25) is 0 Å². The summed E-state index contributed by atoms with van der Waals surface area (Å²) in [6.45, 7) is 6.31. The van der Waals surface area contributed by atoms with Gasteiger partial charge >= 0.3 is 0 Å². The topological polar surface area (TPSA) is 97.2 Å². The number of amides is 1. The van der Waals surface area contributed by atoms with Gasteiger partial charge in [0.25, 0.3) is 11.6 Å². The molecular weight excluding hydrogens is 396 g/mol. The molecule has 0 spiro atoms. The molecule has 0 unspecified atom stereocenters. The Morgan fingerprint density at radius 1 is 1.18 bits per heavy atom. The van der Waals surface area contributed by atoms with Crippen LogP contribution in [0.3, 0.4) is 0 Å². The zero-order valence-electron chi connectivity index (χ0n) is 15.5. The number of rotatable bonds is 3. The van der Waals surface area contributed by atoms with Crippen LogP contribution in [0.5, 0.6) is 0 Å². The van der Waals surface area contributed by atoms with Gasteiger partial charge in [0.2, 0.25) is 0 Å². The number of fused-ring (bicyclic) bond motifs is 1. The largest absolute Gasteiger partial charge is 0.308 e. The van der Waals surface area contributed by atoms with Crippen molar-refractivity contribution in [2.75, 3.05) is 5.32 Å². The number of thiocarbonyl (C=S) groups is 1. The predicted octanol–water partition coefficient (Wildman–Crippen LogP) is 4.63. The van der Waals surface area contributed by atoms with Crippen LogP contribution >= 0.6 is 23.6 Å². The zero-order chi connectivity index (χ0) is 20.5. The Kier molecular flexibility index (Phi) is 5.39. The maximum absolute atomic E-state index is 12.4. The SMILES string of the molecule is CC(C)(C)c1ccc(C(=O)NC(=S)Nc2nc3ccc([N+](=O)[O-])cc3s2)cc1. The van der Waals surface area contributed by atoms with Crippen LogP contribution in [0.25, 0.3) is 10.2 Å². The Balaban J connectivity index is 1.67. The molecule has 0 aliphatic carbocycles. The van der Waals surface area contributed by atoms with Gasteiger partial charge < -0.3 is 5.32 Å². The Labute approximate surface area is 170 Å². The molecule has 0 aliphatic heterocycles. The van der Waals surface area contributed by atoms with Gasteiger partial charge in [-0.25, -0.2) is 4.98 Å². The van der Waals surface area contributed by atoms with Crippen molar-refractivity contribution in [3.05, 3.63) is 63.7 Å². The van der Waals surface area contributed by atoms with Gasteiger partial charge in [-0.05, 0) is 41.4 Å². The van der Waals surface area contributed by atoms with Gasteiger partial charge in [-0.3, -0.25) is 20.2 Å². The van der Waals surface area contributed by atoms with E-state index in [1.165, 1.54) is 23.5 Å². The maximum Gasteiger partial charge on any atom is 0.270 e. The average molecular weight is 415 g/mol. The number of thiazole rings is 1. The first-order valence-electron chi connectivity index (χ1n) is 8.41. The standard InChI is InChI=1S/C19H18N4O3S2/c1-19(2,3)12-6-4-11(5-7-12)16(24)21-17(27)22-18-20-14-9-8-13(23(25)26)10-15(14)28-18/h4-10H,1-3H3,(H2,20,21,22,24,27). The number of carbonyl (C=O) groups is 1. The Bertz CT molecular complexity index is 1070. The summed E-state index contributed by atoms with van der Waals surface area (Å²) in [5, 5.41) is 16.9. The number of hydrogen-bond donors (Lipinski definition) is 2. The number of benzene rings is 2. The fourth-order valence-corrected chi connectivity index (χ4v) is 3.66. The smallest absolute Gasteiger partial charge is 0.270 e. The Morgan fingerprint density at radius 2 is 1.86 bits per heavy atom. The lowest BCUT2D eigenvalue weighted by atomic mass is 9.87. The van der Waals surface area contributed by atoms with E-state index in [9.17, 15) is 14.9 Å². The van der Waals surface area contributed by atoms with E-state index in [0.29, 0.717) is 20.9 Å². The molecule has 0 radical (unpaired) electrons. The lowest BCUT2D eigenvalue weighted by Crippen LogP contribution is -2.34. The van der Waals surface area contributed by atoms with Crippen molar-refractivity contribution in [3.63, 3.8) is 0 Å². The van der Waals surface area contributed by atoms with Crippen molar-refractivity contribution >= 4 is 55.6 Å². The lowest BCUT2D eigenvalue weighted by molar-refractivity contribution is -0.384. The summed E-state index contributed by atoms with van der Waals surface area (Å²) < 4.78 is 0.656. The molecular formula is C19H18N4O3S2. The van der Waals surface area contributed by atoms with Gasteiger partial charge in [0.1, 0.15) is 0 Å². The summed E-state index contributed by atoms with van der Waals surface area (Å²) in [5.41, 5.74) is 2.25. The number of nitrogens with zero attached hydrogens (tertiary/aromatic N) is 2. The number of non-ortho nitro benzene ring substituents is 1. The summed E-state index contributed by atoms with van der Waals surface area (Å²) in [4.78, 5) is 27.1. The molecule has 1 aromatic heterocycles. The normalized spacial score (nSPS) is 11.2. The monoisotopic (exact) mass is 414 g/mol. The molecule has 0 fully saturated rings. The second-order valence-electron chi connectivity index (χ2n) is 7.16. The van der Waals surface area contributed by atoms with Crippen LogP contribution in [-0.4, -0.2) is 20.9 Å². The van der Waals surface area contributed by atoms with E-state index in [1.807, 2.05) is 12.1 Å². The molecule has 0 saturated heterocycles. The fourth-order valence-electron chi connectivity index (χ4n) is 2.51. The van der Waals surface area contributed by atoms with Crippen LogP contribution in [-0.2, 0) is 5.41 Å². The minimum Gasteiger partial charge on any atom is -0.308 e. The summed E-state index contributed by atoms with van der Waals surface area (Å²) >= 11 is 6.40. The van der Waals surface area contributed by atoms with Crippen molar-refractivity contribution in [3.8, 4) is 0 Å². The number of nitrogens with one attached hydrogen (secondary N) is 2. The second kappa shape index (κ2) is 7.61. The quantitative estimate of drug-likeness (QED) is 0.368. The van der Waals surface area contributed by atoms with Gasteiger partial charge in [-0.15, -0.1) is 0 Å². The number of aromatic nitrogens is 1. The van der Waals surface area contributed by atoms with E-state index >= 15 is 0 Å². The van der Waals surface area contributed by atoms with Crippen molar-refractivity contribution in [2.45, 2.75) is 26.2 Å². The number of nitro groups is 1. The van der Waals surface area contributed by atoms with E-state index in [2.05, 4.69) is 36.4 Å². The summed E-state index contributed by atoms with van der Waals surface area (Å²) in [6, 6.07) is 11.8. The first-order valence-corrected chi connectivity index (χ1v) is 9.64. The average Bonchev–Trinajstić information content (AvgIpc) is 3.01. The molecule has 3 aromatic rings. The highest BCUT2D eigenvalue weighted by atomic mass is 32.1. The number of nitro benzene ring substituents is 1. The predicted molar refractivity (Wildman–Crippen MR) is 115 cm³/mol. The van der Waals surface area contributed by atoms with Gasteiger partial charge in [0.15, 0.2) is 10.2 Å². The third-order valence-electron chi connectivity index (χ3n) is 4.04. The van der Waals surface area contributed by atoms with Gasteiger partial charge in [0, 0.05) is 17.7 Å². The zero-order valence-corrected chi connectivity index (χ0v) is 17.1. The molecule has 0 saturated carbocycles. The molecule has 9 heteroatoms. The molecule has 1 heterocycles. The Morgan fingerprint density at radius 3 is 2.46 bits per heavy atom. The van der Waals surface area contributed by atoms with Crippen LogP contribution in [0, 0.1) is 10.1 Å². The fraction of sp³-hybridized carbons (Fsp3) is 0.211. The molecule has 144 valence electrons. The lowest BCUT2D eigenvalue weighted by Gasteiger charge is -2.19. The number of anilines is 1. The van der Waals surface area contributed by atoms with E-state index in [4.69, 9.17) is 12.2 Å². The molecule has 3 rings (SSSR count). The third kappa shape index (κ3) is 4.49. The molecule has 0 atom stereocenters. The highest BCUT2D eigenvalue weighted by Gasteiger charge is 2.15. The molecule has 2 N–H and O–H groups in total. The van der Waals surface area contributed by atoms with E-state index in [-0.39, 0.29) is 22.1 Å². The first kappa shape index (κ1) is 19.8. The van der Waals surface area contributed by atoms with Crippen molar-refractivity contribution in [1.29, 1.82) is 0 Å². The highest BCUT2D eigenvalue weighted by molar-refractivity contribution is 7.80. The maximum atomic E-state index is 12.4. The highest BCUT2D eigenvalue weighted by Crippen LogP contribution is 2.29. The summed E-state index contributed by atoms with van der Waals surface area (Å²) in [7, 11) is 0. The van der Waals surface area contributed by atoms with Gasteiger partial charge in [-0.2, -0.15) is 0 Å². The van der Waals surface area contributed by atoms with Crippen LogP contribution in [0.4, 0.5) is 10.8 Å². The van der Waals surface area contributed by atoms with Crippen LogP contribution < -0.4 is 10.6 Å².